The summed E-state index contributed by atoms with van der Waals surface area (Å²) in [6, 6.07) is 4.83. The first-order chi connectivity index (χ1) is 7.08. The topological polar surface area (TPSA) is 31.1 Å². The van der Waals surface area contributed by atoms with Gasteiger partial charge in [0.15, 0.2) is 0 Å². The minimum absolute atomic E-state index is 0.268. The monoisotopic (exact) mass is 207 g/mol. The fraction of sp³-hybridized carbons (Fsp3) is 0.667. The highest BCUT2D eigenvalue weighted by Crippen LogP contribution is 2.24. The molecule has 0 spiro atoms. The largest absolute Gasteiger partial charge is 0.358 e. The molecule has 1 aliphatic heterocycles. The molecule has 2 rings (SSSR count). The van der Waals surface area contributed by atoms with Gasteiger partial charge in [-0.2, -0.15) is 0 Å². The average Bonchev–Trinajstić information content (AvgIpc) is 2.67. The standard InChI is InChI=1S/C12H21N3/c1-12(2)9-10(6-8-14-12)15(3)11-5-4-7-13-11/h4-5,7,10,13-14H,6,8-9H2,1-3H3. The van der Waals surface area contributed by atoms with Crippen molar-refractivity contribution in [3.8, 4) is 0 Å². The highest BCUT2D eigenvalue weighted by molar-refractivity contribution is 5.39. The Hall–Kier alpha value is -0.960. The number of H-pyrrole nitrogens is 1. The molecular weight excluding hydrogens is 186 g/mol. The number of nitrogens with one attached hydrogen (secondary N) is 2. The lowest BCUT2D eigenvalue weighted by molar-refractivity contribution is 0.271. The molecule has 2 heterocycles. The molecule has 1 aromatic heterocycles. The summed E-state index contributed by atoms with van der Waals surface area (Å²) in [7, 11) is 2.18. The number of anilines is 1. The van der Waals surface area contributed by atoms with E-state index in [1.54, 1.807) is 0 Å². The van der Waals surface area contributed by atoms with Gasteiger partial charge in [-0.25, -0.2) is 0 Å². The Labute approximate surface area is 91.9 Å². The van der Waals surface area contributed by atoms with Crippen molar-refractivity contribution >= 4 is 5.82 Å². The third-order valence-electron chi connectivity index (χ3n) is 3.34. The van der Waals surface area contributed by atoms with Gasteiger partial charge in [0.25, 0.3) is 0 Å². The summed E-state index contributed by atoms with van der Waals surface area (Å²) in [4.78, 5) is 5.63. The van der Waals surface area contributed by atoms with Gasteiger partial charge in [0, 0.05) is 24.8 Å². The molecule has 0 amide bonds. The Morgan fingerprint density at radius 1 is 1.47 bits per heavy atom. The number of aromatic nitrogens is 1. The van der Waals surface area contributed by atoms with Crippen molar-refractivity contribution < 1.29 is 0 Å². The molecule has 2 N–H and O–H groups in total. The maximum Gasteiger partial charge on any atom is 0.105 e. The van der Waals surface area contributed by atoms with Gasteiger partial charge in [-0.05, 0) is 45.4 Å². The summed E-state index contributed by atoms with van der Waals surface area (Å²) >= 11 is 0. The molecule has 1 aliphatic rings. The Balaban J connectivity index is 2.04. The van der Waals surface area contributed by atoms with E-state index in [4.69, 9.17) is 0 Å². The van der Waals surface area contributed by atoms with E-state index in [1.165, 1.54) is 18.7 Å². The number of aromatic amines is 1. The number of rotatable bonds is 2. The summed E-state index contributed by atoms with van der Waals surface area (Å²) in [5, 5.41) is 3.55. The van der Waals surface area contributed by atoms with Crippen molar-refractivity contribution in [3.63, 3.8) is 0 Å². The summed E-state index contributed by atoms with van der Waals surface area (Å²) in [6.07, 6.45) is 4.40. The summed E-state index contributed by atoms with van der Waals surface area (Å²) in [5.41, 5.74) is 0.268. The number of piperidine rings is 1. The zero-order valence-corrected chi connectivity index (χ0v) is 9.88. The molecule has 0 aliphatic carbocycles. The minimum Gasteiger partial charge on any atom is -0.358 e. The molecule has 0 radical (unpaired) electrons. The molecule has 0 bridgehead atoms. The lowest BCUT2D eigenvalue weighted by Crippen LogP contribution is -2.52. The van der Waals surface area contributed by atoms with Gasteiger partial charge in [-0.15, -0.1) is 0 Å². The van der Waals surface area contributed by atoms with Gasteiger partial charge in [0.2, 0.25) is 0 Å². The Morgan fingerprint density at radius 2 is 2.27 bits per heavy atom. The molecule has 1 atom stereocenters. The molecule has 0 aromatic carbocycles. The van der Waals surface area contributed by atoms with E-state index in [9.17, 15) is 0 Å². The van der Waals surface area contributed by atoms with Gasteiger partial charge in [-0.1, -0.05) is 0 Å². The molecule has 0 saturated carbocycles. The number of hydrogen-bond acceptors (Lipinski definition) is 2. The van der Waals surface area contributed by atoms with Crippen LogP contribution in [-0.4, -0.2) is 30.2 Å². The predicted octanol–water partition coefficient (Wildman–Crippen LogP) is 1.98. The fourth-order valence-electron chi connectivity index (χ4n) is 2.41. The van der Waals surface area contributed by atoms with Gasteiger partial charge < -0.3 is 15.2 Å². The summed E-state index contributed by atoms with van der Waals surface area (Å²) in [5.74, 6) is 1.22. The molecular formula is C12H21N3. The van der Waals surface area contributed by atoms with Gasteiger partial charge in [0.05, 0.1) is 0 Å². The Bertz CT molecular complexity index is 303. The van der Waals surface area contributed by atoms with Crippen molar-refractivity contribution in [3.05, 3.63) is 18.3 Å². The summed E-state index contributed by atoms with van der Waals surface area (Å²) < 4.78 is 0. The minimum atomic E-state index is 0.268. The van der Waals surface area contributed by atoms with Crippen LogP contribution in [0.5, 0.6) is 0 Å². The van der Waals surface area contributed by atoms with Crippen LogP contribution in [0.3, 0.4) is 0 Å². The van der Waals surface area contributed by atoms with Crippen LogP contribution >= 0.6 is 0 Å². The maximum atomic E-state index is 3.55. The van der Waals surface area contributed by atoms with Crippen LogP contribution in [0, 0.1) is 0 Å². The first kappa shape index (κ1) is 10.6. The zero-order chi connectivity index (χ0) is 10.9. The van der Waals surface area contributed by atoms with E-state index in [0.717, 1.165) is 6.54 Å². The highest BCUT2D eigenvalue weighted by atomic mass is 15.2. The molecule has 15 heavy (non-hydrogen) atoms. The maximum absolute atomic E-state index is 3.55. The van der Waals surface area contributed by atoms with Crippen LogP contribution < -0.4 is 10.2 Å². The molecule has 1 fully saturated rings. The van der Waals surface area contributed by atoms with E-state index in [0.29, 0.717) is 6.04 Å². The van der Waals surface area contributed by atoms with Gasteiger partial charge in [0.1, 0.15) is 5.82 Å². The van der Waals surface area contributed by atoms with E-state index < -0.39 is 0 Å². The van der Waals surface area contributed by atoms with Crippen molar-refractivity contribution in [2.45, 2.75) is 38.3 Å². The third kappa shape index (κ3) is 2.34. The third-order valence-corrected chi connectivity index (χ3v) is 3.34. The van der Waals surface area contributed by atoms with Crippen LogP contribution in [0.2, 0.25) is 0 Å². The average molecular weight is 207 g/mol. The lowest BCUT2D eigenvalue weighted by atomic mass is 9.89. The van der Waals surface area contributed by atoms with Gasteiger partial charge >= 0.3 is 0 Å². The molecule has 3 heteroatoms. The van der Waals surface area contributed by atoms with Crippen molar-refractivity contribution in [2.24, 2.45) is 0 Å². The first-order valence-electron chi connectivity index (χ1n) is 5.70. The molecule has 1 aromatic rings. The molecule has 1 unspecified atom stereocenters. The Kier molecular flexibility index (Phi) is 2.74. The fourth-order valence-corrected chi connectivity index (χ4v) is 2.41. The normalized spacial score (nSPS) is 25.1. The second-order valence-corrected chi connectivity index (χ2v) is 5.12. The Morgan fingerprint density at radius 3 is 2.87 bits per heavy atom. The van der Waals surface area contributed by atoms with E-state index in [-0.39, 0.29) is 5.54 Å². The number of nitrogens with zero attached hydrogens (tertiary/aromatic N) is 1. The van der Waals surface area contributed by atoms with Crippen LogP contribution in [0.15, 0.2) is 18.3 Å². The SMILES string of the molecule is CN(c1ccc[nH]1)C1CCNC(C)(C)C1. The van der Waals surface area contributed by atoms with Crippen molar-refractivity contribution in [1.29, 1.82) is 0 Å². The van der Waals surface area contributed by atoms with Crippen molar-refractivity contribution in [2.75, 3.05) is 18.5 Å². The first-order valence-corrected chi connectivity index (χ1v) is 5.70. The highest BCUT2D eigenvalue weighted by Gasteiger charge is 2.29. The predicted molar refractivity (Wildman–Crippen MR) is 64.3 cm³/mol. The lowest BCUT2D eigenvalue weighted by Gasteiger charge is -2.41. The quantitative estimate of drug-likeness (QED) is 0.777. The molecule has 3 nitrogen and oxygen atoms in total. The van der Waals surface area contributed by atoms with Crippen LogP contribution in [0.25, 0.3) is 0 Å². The second kappa shape index (κ2) is 3.89. The molecule has 84 valence electrons. The molecule has 1 saturated heterocycles. The summed E-state index contributed by atoms with van der Waals surface area (Å²) in [6.45, 7) is 5.67. The smallest absolute Gasteiger partial charge is 0.105 e. The van der Waals surface area contributed by atoms with Crippen LogP contribution in [0.4, 0.5) is 5.82 Å². The number of hydrogen-bond donors (Lipinski definition) is 2. The second-order valence-electron chi connectivity index (χ2n) is 5.12. The van der Waals surface area contributed by atoms with E-state index >= 15 is 0 Å². The van der Waals surface area contributed by atoms with E-state index in [1.807, 2.05) is 6.20 Å². The van der Waals surface area contributed by atoms with Crippen molar-refractivity contribution in [1.82, 2.24) is 10.3 Å². The zero-order valence-electron chi connectivity index (χ0n) is 9.88. The van der Waals surface area contributed by atoms with Gasteiger partial charge in [-0.3, -0.25) is 0 Å². The van der Waals surface area contributed by atoms with Crippen LogP contribution in [-0.2, 0) is 0 Å². The van der Waals surface area contributed by atoms with E-state index in [2.05, 4.69) is 48.2 Å². The van der Waals surface area contributed by atoms with Crippen LogP contribution in [0.1, 0.15) is 26.7 Å².